The molecule has 1 saturated heterocycles. The molecular weight excluding hydrogens is 399 g/mol. The zero-order chi connectivity index (χ0) is 22.0. The number of aliphatic hydroxyl groups is 2. The number of aliphatic hydroxyl groups excluding tert-OH is 2. The van der Waals surface area contributed by atoms with E-state index in [1.54, 1.807) is 18.3 Å². The molecule has 2 aliphatic rings. The molecule has 2 fully saturated rings. The lowest BCUT2D eigenvalue weighted by atomic mass is 9.78. The van der Waals surface area contributed by atoms with Crippen LogP contribution in [0, 0.1) is 5.82 Å². The molecule has 0 radical (unpaired) electrons. The first kappa shape index (κ1) is 22.2. The molecule has 170 valence electrons. The molecule has 4 rings (SSSR count). The molecule has 1 atom stereocenters. The molecule has 31 heavy (non-hydrogen) atoms. The highest BCUT2D eigenvalue weighted by molar-refractivity contribution is 5.59. The molecule has 2 heterocycles. The monoisotopic (exact) mass is 432 g/mol. The summed E-state index contributed by atoms with van der Waals surface area (Å²) >= 11 is 0. The van der Waals surface area contributed by atoms with Crippen molar-refractivity contribution in [2.24, 2.45) is 11.5 Å². The van der Waals surface area contributed by atoms with Gasteiger partial charge >= 0.3 is 0 Å². The van der Waals surface area contributed by atoms with Crippen LogP contribution in [0.15, 0.2) is 30.5 Å². The van der Waals surface area contributed by atoms with Gasteiger partial charge in [0.2, 0.25) is 0 Å². The average molecular weight is 433 g/mol. The maximum Gasteiger partial charge on any atom is 0.159 e. The van der Waals surface area contributed by atoms with Crippen LogP contribution in [0.2, 0.25) is 0 Å². The Morgan fingerprint density at radius 1 is 1.16 bits per heavy atom. The number of nitrogens with one attached hydrogen (secondary N) is 1. The summed E-state index contributed by atoms with van der Waals surface area (Å²) in [7, 11) is 0. The lowest BCUT2D eigenvalue weighted by molar-refractivity contribution is 0.0324. The molecule has 9 heteroatoms. The molecule has 2 aromatic rings. The number of nitrogens with two attached hydrogens (primary N) is 2. The third-order valence-corrected chi connectivity index (χ3v) is 6.94. The highest BCUT2D eigenvalue weighted by atomic mass is 19.1. The number of rotatable bonds is 6. The third-order valence-electron chi connectivity index (χ3n) is 6.94. The molecule has 1 aliphatic carbocycles. The number of aromatic nitrogens is 2. The summed E-state index contributed by atoms with van der Waals surface area (Å²) in [4.78, 5) is 2.49. The van der Waals surface area contributed by atoms with Gasteiger partial charge in [0.15, 0.2) is 5.82 Å². The van der Waals surface area contributed by atoms with Crippen LogP contribution in [0.4, 0.5) is 15.9 Å². The van der Waals surface area contributed by atoms with E-state index >= 15 is 0 Å². The minimum atomic E-state index is -1.19. The molecule has 7 N–H and O–H groups in total. The second kappa shape index (κ2) is 9.22. The number of nitrogens with zero attached hydrogens (tertiary/aromatic N) is 3. The highest BCUT2D eigenvalue weighted by Crippen LogP contribution is 2.38. The lowest BCUT2D eigenvalue weighted by Crippen LogP contribution is -2.50. The van der Waals surface area contributed by atoms with Gasteiger partial charge in [-0.2, -0.15) is 5.10 Å². The van der Waals surface area contributed by atoms with Crippen molar-refractivity contribution in [1.29, 1.82) is 0 Å². The second-order valence-corrected chi connectivity index (χ2v) is 8.88. The minimum Gasteiger partial charge on any atom is -0.393 e. The van der Waals surface area contributed by atoms with Gasteiger partial charge in [-0.3, -0.25) is 4.68 Å². The summed E-state index contributed by atoms with van der Waals surface area (Å²) in [6.45, 7) is 2.33. The van der Waals surface area contributed by atoms with Crippen molar-refractivity contribution in [3.63, 3.8) is 0 Å². The Labute approximate surface area is 182 Å². The standard InChI is InChI=1S/C22H33FN6O2/c23-15-1-3-16(4-2-15)26-21-19(20(25)31)13-29(27-21)22(14-24)9-5-17(6-10-22)28-11-7-18(30)8-12-28/h1-4,13,17-18,20,30-31H,5-12,14,24-25H2,(H,26,27). The maximum atomic E-state index is 13.2. The summed E-state index contributed by atoms with van der Waals surface area (Å²) in [5, 5.41) is 27.7. The van der Waals surface area contributed by atoms with Crippen molar-refractivity contribution in [3.05, 3.63) is 41.8 Å². The lowest BCUT2D eigenvalue weighted by Gasteiger charge is -2.44. The van der Waals surface area contributed by atoms with Crippen molar-refractivity contribution >= 4 is 11.5 Å². The van der Waals surface area contributed by atoms with E-state index < -0.39 is 6.23 Å². The van der Waals surface area contributed by atoms with Gasteiger partial charge in [0.25, 0.3) is 0 Å². The Morgan fingerprint density at radius 2 is 1.81 bits per heavy atom. The summed E-state index contributed by atoms with van der Waals surface area (Å²) in [5.74, 6) is 0.124. The van der Waals surface area contributed by atoms with E-state index in [1.807, 2.05) is 4.68 Å². The zero-order valence-corrected chi connectivity index (χ0v) is 17.8. The van der Waals surface area contributed by atoms with Gasteiger partial charge < -0.3 is 31.9 Å². The van der Waals surface area contributed by atoms with Gasteiger partial charge in [-0.15, -0.1) is 0 Å². The quantitative estimate of drug-likeness (QED) is 0.441. The molecule has 1 saturated carbocycles. The largest absolute Gasteiger partial charge is 0.393 e. The molecule has 8 nitrogen and oxygen atoms in total. The minimum absolute atomic E-state index is 0.166. The zero-order valence-electron chi connectivity index (χ0n) is 17.8. The first-order chi connectivity index (χ1) is 14.9. The number of hydrogen-bond acceptors (Lipinski definition) is 7. The van der Waals surface area contributed by atoms with Gasteiger partial charge in [0.05, 0.1) is 17.2 Å². The van der Waals surface area contributed by atoms with E-state index in [0.717, 1.165) is 51.6 Å². The smallest absolute Gasteiger partial charge is 0.159 e. The van der Waals surface area contributed by atoms with Gasteiger partial charge in [0.1, 0.15) is 12.0 Å². The predicted octanol–water partition coefficient (Wildman–Crippen LogP) is 1.77. The first-order valence-electron chi connectivity index (χ1n) is 11.1. The van der Waals surface area contributed by atoms with Gasteiger partial charge in [-0.1, -0.05) is 0 Å². The average Bonchev–Trinajstić information content (AvgIpc) is 3.21. The normalized spacial score (nSPS) is 26.7. The molecular formula is C22H33FN6O2. The van der Waals surface area contributed by atoms with Crippen molar-refractivity contribution in [2.45, 2.75) is 62.4 Å². The van der Waals surface area contributed by atoms with E-state index in [4.69, 9.17) is 16.6 Å². The Morgan fingerprint density at radius 3 is 2.39 bits per heavy atom. The van der Waals surface area contributed by atoms with Crippen LogP contribution in [0.25, 0.3) is 0 Å². The van der Waals surface area contributed by atoms with Crippen LogP contribution >= 0.6 is 0 Å². The Kier molecular flexibility index (Phi) is 6.59. The molecule has 1 aliphatic heterocycles. The molecule has 1 aromatic heterocycles. The van der Waals surface area contributed by atoms with Crippen molar-refractivity contribution in [1.82, 2.24) is 14.7 Å². The molecule has 0 bridgehead atoms. The molecule has 0 spiro atoms. The molecule has 0 amide bonds. The summed E-state index contributed by atoms with van der Waals surface area (Å²) in [6, 6.07) is 6.44. The fourth-order valence-corrected chi connectivity index (χ4v) is 4.90. The van der Waals surface area contributed by atoms with E-state index in [0.29, 0.717) is 29.7 Å². The third kappa shape index (κ3) is 4.75. The van der Waals surface area contributed by atoms with Crippen LogP contribution in [0.1, 0.15) is 50.3 Å². The van der Waals surface area contributed by atoms with E-state index in [-0.39, 0.29) is 17.5 Å². The number of piperidine rings is 1. The van der Waals surface area contributed by atoms with Crippen LogP contribution in [0.3, 0.4) is 0 Å². The van der Waals surface area contributed by atoms with E-state index in [1.165, 1.54) is 12.1 Å². The fraction of sp³-hybridized carbons (Fsp3) is 0.591. The van der Waals surface area contributed by atoms with Gasteiger partial charge in [-0.25, -0.2) is 4.39 Å². The van der Waals surface area contributed by atoms with Crippen molar-refractivity contribution in [3.8, 4) is 0 Å². The van der Waals surface area contributed by atoms with Crippen LogP contribution < -0.4 is 16.8 Å². The second-order valence-electron chi connectivity index (χ2n) is 8.88. The Hall–Kier alpha value is -2.04. The van der Waals surface area contributed by atoms with E-state index in [9.17, 15) is 14.6 Å². The summed E-state index contributed by atoms with van der Waals surface area (Å²) in [5.41, 5.74) is 12.8. The van der Waals surface area contributed by atoms with Gasteiger partial charge in [-0.05, 0) is 62.8 Å². The van der Waals surface area contributed by atoms with Crippen molar-refractivity contribution < 1.29 is 14.6 Å². The first-order valence-corrected chi connectivity index (χ1v) is 11.1. The number of likely N-dealkylation sites (tertiary alicyclic amines) is 1. The number of halogens is 1. The highest BCUT2D eigenvalue weighted by Gasteiger charge is 2.39. The van der Waals surface area contributed by atoms with Crippen molar-refractivity contribution in [2.75, 3.05) is 25.0 Å². The Bertz CT molecular complexity index is 855. The number of anilines is 2. The molecule has 1 aromatic carbocycles. The number of hydrogen-bond donors (Lipinski definition) is 5. The number of benzene rings is 1. The SMILES string of the molecule is NCC1(n2cc(C(N)O)c(Nc3ccc(F)cc3)n2)CCC(N2CCC(O)CC2)CC1. The van der Waals surface area contributed by atoms with Gasteiger partial charge in [0, 0.05) is 37.6 Å². The van der Waals surface area contributed by atoms with Crippen LogP contribution in [-0.4, -0.2) is 56.7 Å². The van der Waals surface area contributed by atoms with Crippen LogP contribution in [0.5, 0.6) is 0 Å². The predicted molar refractivity (Wildman–Crippen MR) is 117 cm³/mol. The molecule has 1 unspecified atom stereocenters. The summed E-state index contributed by atoms with van der Waals surface area (Å²) < 4.78 is 15.1. The maximum absolute atomic E-state index is 13.2. The Balaban J connectivity index is 1.51. The summed E-state index contributed by atoms with van der Waals surface area (Å²) in [6.07, 6.45) is 5.88. The fourth-order valence-electron chi connectivity index (χ4n) is 4.90. The van der Waals surface area contributed by atoms with E-state index in [2.05, 4.69) is 10.2 Å². The van der Waals surface area contributed by atoms with Crippen LogP contribution in [-0.2, 0) is 5.54 Å². The topological polar surface area (TPSA) is 126 Å².